The van der Waals surface area contributed by atoms with Gasteiger partial charge in [-0.05, 0) is 57.8 Å². The summed E-state index contributed by atoms with van der Waals surface area (Å²) < 4.78 is 0. The summed E-state index contributed by atoms with van der Waals surface area (Å²) in [7, 11) is 2.18. The van der Waals surface area contributed by atoms with E-state index in [2.05, 4.69) is 27.2 Å². The summed E-state index contributed by atoms with van der Waals surface area (Å²) in [5.74, 6) is 1.33. The minimum Gasteiger partial charge on any atom is -0.354 e. The van der Waals surface area contributed by atoms with Gasteiger partial charge in [0.15, 0.2) is 0 Å². The molecule has 1 fully saturated rings. The third kappa shape index (κ3) is 4.44. The van der Waals surface area contributed by atoms with Gasteiger partial charge in [0.2, 0.25) is 5.95 Å². The van der Waals surface area contributed by atoms with Crippen molar-refractivity contribution in [3.8, 4) is 0 Å². The van der Waals surface area contributed by atoms with Crippen LogP contribution in [0.25, 0.3) is 0 Å². The van der Waals surface area contributed by atoms with E-state index in [-0.39, 0.29) is 6.04 Å². The summed E-state index contributed by atoms with van der Waals surface area (Å²) in [6.07, 6.45) is 7.28. The van der Waals surface area contributed by atoms with E-state index in [4.69, 9.17) is 5.73 Å². The Morgan fingerprint density at radius 1 is 1.37 bits per heavy atom. The van der Waals surface area contributed by atoms with Crippen LogP contribution in [0.15, 0.2) is 12.4 Å². The van der Waals surface area contributed by atoms with Crippen LogP contribution in [-0.4, -0.2) is 47.6 Å². The second-order valence-electron chi connectivity index (χ2n) is 5.61. The molecule has 0 amide bonds. The van der Waals surface area contributed by atoms with Crippen LogP contribution in [0.5, 0.6) is 0 Å². The maximum atomic E-state index is 5.70. The van der Waals surface area contributed by atoms with E-state index < -0.39 is 0 Å². The lowest BCUT2D eigenvalue weighted by atomic mass is 9.92. The van der Waals surface area contributed by atoms with Crippen LogP contribution >= 0.6 is 0 Å². The molecule has 0 bridgehead atoms. The average Bonchev–Trinajstić information content (AvgIpc) is 2.40. The molecule has 5 nitrogen and oxygen atoms in total. The van der Waals surface area contributed by atoms with Crippen LogP contribution in [0.4, 0.5) is 5.95 Å². The molecule has 19 heavy (non-hydrogen) atoms. The topological polar surface area (TPSA) is 67.1 Å². The normalized spacial score (nSPS) is 19.3. The first-order chi connectivity index (χ1) is 9.15. The summed E-state index contributed by atoms with van der Waals surface area (Å²) in [5.41, 5.74) is 6.97. The van der Waals surface area contributed by atoms with Crippen LogP contribution in [-0.2, 0) is 0 Å². The molecule has 0 radical (unpaired) electrons. The van der Waals surface area contributed by atoms with Crippen LogP contribution in [0.2, 0.25) is 0 Å². The van der Waals surface area contributed by atoms with Gasteiger partial charge in [-0.3, -0.25) is 0 Å². The predicted octanol–water partition coefficient (Wildman–Crippen LogP) is 1.43. The standard InChI is InChI=1S/C14H25N5/c1-11(15)3-6-16-14-17-9-13(10-18-14)12-4-7-19(2)8-5-12/h9-12H,3-8,15H2,1-2H3,(H,16,17,18). The molecule has 2 rings (SSSR count). The van der Waals surface area contributed by atoms with Gasteiger partial charge in [0.05, 0.1) is 0 Å². The van der Waals surface area contributed by atoms with Gasteiger partial charge in [-0.2, -0.15) is 0 Å². The zero-order valence-corrected chi connectivity index (χ0v) is 12.0. The smallest absolute Gasteiger partial charge is 0.222 e. The van der Waals surface area contributed by atoms with E-state index in [0.717, 1.165) is 13.0 Å². The molecule has 5 heteroatoms. The second-order valence-corrected chi connectivity index (χ2v) is 5.61. The maximum absolute atomic E-state index is 5.70. The predicted molar refractivity (Wildman–Crippen MR) is 78.3 cm³/mol. The van der Waals surface area contributed by atoms with Gasteiger partial charge in [0.1, 0.15) is 0 Å². The Labute approximate surface area is 115 Å². The number of anilines is 1. The third-order valence-electron chi connectivity index (χ3n) is 3.74. The number of likely N-dealkylation sites (tertiary alicyclic amines) is 1. The SMILES string of the molecule is CC(N)CCNc1ncc(C2CCN(C)CC2)cn1. The van der Waals surface area contributed by atoms with E-state index in [0.29, 0.717) is 11.9 Å². The number of nitrogens with one attached hydrogen (secondary N) is 1. The fourth-order valence-electron chi connectivity index (χ4n) is 2.39. The van der Waals surface area contributed by atoms with Crippen molar-refractivity contribution in [3.05, 3.63) is 18.0 Å². The Balaban J connectivity index is 1.84. The molecule has 1 aliphatic heterocycles. The Morgan fingerprint density at radius 2 is 2.00 bits per heavy atom. The minimum atomic E-state index is 0.214. The van der Waals surface area contributed by atoms with E-state index in [1.165, 1.54) is 31.5 Å². The van der Waals surface area contributed by atoms with Crippen molar-refractivity contribution < 1.29 is 0 Å². The molecular formula is C14H25N5. The number of hydrogen-bond donors (Lipinski definition) is 2. The summed E-state index contributed by atoms with van der Waals surface area (Å²) >= 11 is 0. The zero-order chi connectivity index (χ0) is 13.7. The molecule has 1 aliphatic rings. The quantitative estimate of drug-likeness (QED) is 0.841. The van der Waals surface area contributed by atoms with Crippen LogP contribution in [0.3, 0.4) is 0 Å². The van der Waals surface area contributed by atoms with Crippen molar-refractivity contribution in [2.45, 2.75) is 38.1 Å². The highest BCUT2D eigenvalue weighted by atomic mass is 15.1. The van der Waals surface area contributed by atoms with Crippen LogP contribution < -0.4 is 11.1 Å². The fraction of sp³-hybridized carbons (Fsp3) is 0.714. The molecule has 0 aromatic carbocycles. The maximum Gasteiger partial charge on any atom is 0.222 e. The van der Waals surface area contributed by atoms with Crippen molar-refractivity contribution in [1.82, 2.24) is 14.9 Å². The van der Waals surface area contributed by atoms with Crippen molar-refractivity contribution in [2.75, 3.05) is 32.0 Å². The number of aromatic nitrogens is 2. The second kappa shape index (κ2) is 6.82. The number of nitrogens with zero attached hydrogens (tertiary/aromatic N) is 3. The van der Waals surface area contributed by atoms with Crippen LogP contribution in [0, 0.1) is 0 Å². The molecule has 1 aromatic rings. The zero-order valence-electron chi connectivity index (χ0n) is 12.0. The average molecular weight is 263 g/mol. The third-order valence-corrected chi connectivity index (χ3v) is 3.74. The fourth-order valence-corrected chi connectivity index (χ4v) is 2.39. The Bertz CT molecular complexity index is 368. The lowest BCUT2D eigenvalue weighted by Crippen LogP contribution is -2.29. The number of nitrogens with two attached hydrogens (primary N) is 1. The molecule has 2 heterocycles. The minimum absolute atomic E-state index is 0.214. The van der Waals surface area contributed by atoms with Gasteiger partial charge < -0.3 is 16.0 Å². The molecule has 0 aliphatic carbocycles. The van der Waals surface area contributed by atoms with Gasteiger partial charge in [-0.15, -0.1) is 0 Å². The number of piperidine rings is 1. The highest BCUT2D eigenvalue weighted by molar-refractivity contribution is 5.26. The van der Waals surface area contributed by atoms with Crippen molar-refractivity contribution in [1.29, 1.82) is 0 Å². The van der Waals surface area contributed by atoms with Crippen LogP contribution in [0.1, 0.15) is 37.7 Å². The molecule has 1 saturated heterocycles. The lowest BCUT2D eigenvalue weighted by molar-refractivity contribution is 0.255. The van der Waals surface area contributed by atoms with Gasteiger partial charge in [-0.1, -0.05) is 0 Å². The molecule has 3 N–H and O–H groups in total. The van der Waals surface area contributed by atoms with E-state index in [9.17, 15) is 0 Å². The van der Waals surface area contributed by atoms with Gasteiger partial charge in [0, 0.05) is 25.0 Å². The van der Waals surface area contributed by atoms with E-state index >= 15 is 0 Å². The molecule has 1 aromatic heterocycles. The van der Waals surface area contributed by atoms with Gasteiger partial charge in [0.25, 0.3) is 0 Å². The first-order valence-electron chi connectivity index (χ1n) is 7.15. The van der Waals surface area contributed by atoms with E-state index in [1.54, 1.807) is 0 Å². The molecule has 1 unspecified atom stereocenters. The Hall–Kier alpha value is -1.20. The molecule has 0 spiro atoms. The molecule has 0 saturated carbocycles. The highest BCUT2D eigenvalue weighted by Gasteiger charge is 2.18. The summed E-state index contributed by atoms with van der Waals surface area (Å²) in [4.78, 5) is 11.2. The first kappa shape index (κ1) is 14.2. The lowest BCUT2D eigenvalue weighted by Gasteiger charge is -2.28. The molecule has 106 valence electrons. The summed E-state index contributed by atoms with van der Waals surface area (Å²) in [6.45, 7) is 5.16. The largest absolute Gasteiger partial charge is 0.354 e. The first-order valence-corrected chi connectivity index (χ1v) is 7.15. The van der Waals surface area contributed by atoms with Crippen molar-refractivity contribution in [2.24, 2.45) is 5.73 Å². The number of hydrogen-bond acceptors (Lipinski definition) is 5. The summed E-state index contributed by atoms with van der Waals surface area (Å²) in [6, 6.07) is 0.214. The highest BCUT2D eigenvalue weighted by Crippen LogP contribution is 2.26. The molecule has 1 atom stereocenters. The number of rotatable bonds is 5. The summed E-state index contributed by atoms with van der Waals surface area (Å²) in [5, 5.41) is 3.20. The van der Waals surface area contributed by atoms with E-state index in [1.807, 2.05) is 19.3 Å². The van der Waals surface area contributed by atoms with Crippen molar-refractivity contribution in [3.63, 3.8) is 0 Å². The monoisotopic (exact) mass is 263 g/mol. The van der Waals surface area contributed by atoms with Gasteiger partial charge >= 0.3 is 0 Å². The molecular weight excluding hydrogens is 238 g/mol. The van der Waals surface area contributed by atoms with Crippen molar-refractivity contribution >= 4 is 5.95 Å². The Morgan fingerprint density at radius 3 is 2.58 bits per heavy atom. The Kier molecular flexibility index (Phi) is 5.10. The van der Waals surface area contributed by atoms with Gasteiger partial charge in [-0.25, -0.2) is 9.97 Å².